The topological polar surface area (TPSA) is 78.1 Å². The van der Waals surface area contributed by atoms with Crippen molar-refractivity contribution < 1.29 is 14.0 Å². The Kier molecular flexibility index (Phi) is 5.52. The molecule has 1 aliphatic heterocycles. The van der Waals surface area contributed by atoms with E-state index in [1.54, 1.807) is 18.0 Å². The second kappa shape index (κ2) is 8.30. The van der Waals surface area contributed by atoms with Crippen molar-refractivity contribution in [1.29, 1.82) is 0 Å². The summed E-state index contributed by atoms with van der Waals surface area (Å²) in [6.07, 6.45) is 7.39. The molecular formula is C28H34ClFN4O2. The van der Waals surface area contributed by atoms with Gasteiger partial charge in [0.1, 0.15) is 5.82 Å². The molecule has 1 aromatic carbocycles. The van der Waals surface area contributed by atoms with E-state index in [4.69, 9.17) is 11.6 Å². The highest BCUT2D eigenvalue weighted by molar-refractivity contribution is 6.31. The number of hydrogen-bond acceptors (Lipinski definition) is 3. The van der Waals surface area contributed by atoms with E-state index in [-0.39, 0.29) is 28.7 Å². The number of nitrogens with zero attached hydrogens (tertiary/aromatic N) is 2. The molecule has 0 saturated heterocycles. The number of hydrogen-bond donors (Lipinski definition) is 2. The lowest BCUT2D eigenvalue weighted by atomic mass is 9.47. The van der Waals surface area contributed by atoms with Crippen LogP contribution in [0.3, 0.4) is 0 Å². The lowest BCUT2D eigenvalue weighted by Gasteiger charge is -2.60. The minimum Gasteiger partial charge on any atom is -0.349 e. The highest BCUT2D eigenvalue weighted by atomic mass is 35.5. The maximum absolute atomic E-state index is 14.6. The number of aromatic nitrogens is 2. The van der Waals surface area contributed by atoms with Crippen molar-refractivity contribution in [3.8, 4) is 0 Å². The average Bonchev–Trinajstić information content (AvgIpc) is 3.40. The fourth-order valence-corrected chi connectivity index (χ4v) is 8.84. The standard InChI is InChI=1S/C28H34ClFN4O2/c1-27-11-10-18-16(5-9-23-28(18,2)13-20(30)26(36)34(23)3)17(27)6-7-19(27)25(35)31-14-24-32-21-8-4-15(29)12-22(21)33-24/h4,8,12-13,16-19,23H,5-7,9-11,14H2,1-3H3,(H,31,35)(H,32,33)/t16-,17-,18+,19?,23?,27-,28+/m0/s1. The van der Waals surface area contributed by atoms with Crippen LogP contribution in [-0.4, -0.2) is 39.8 Å². The number of benzene rings is 1. The largest absolute Gasteiger partial charge is 0.349 e. The van der Waals surface area contributed by atoms with Gasteiger partial charge in [-0.2, -0.15) is 0 Å². The first-order valence-corrected chi connectivity index (χ1v) is 13.6. The Hall–Kier alpha value is -2.41. The minimum absolute atomic E-state index is 0.0318. The van der Waals surface area contributed by atoms with Gasteiger partial charge in [0.25, 0.3) is 5.91 Å². The molecular weight excluding hydrogens is 479 g/mol. The zero-order chi connectivity index (χ0) is 25.4. The normalized spacial score (nSPS) is 37.8. The van der Waals surface area contributed by atoms with E-state index in [0.717, 1.165) is 55.4 Å². The molecule has 2 aromatic rings. The van der Waals surface area contributed by atoms with Crippen molar-refractivity contribution in [1.82, 2.24) is 20.2 Å². The molecule has 36 heavy (non-hydrogen) atoms. The smallest absolute Gasteiger partial charge is 0.282 e. The van der Waals surface area contributed by atoms with Crippen molar-refractivity contribution >= 4 is 34.4 Å². The molecule has 0 spiro atoms. The number of carbonyl (C=O) groups is 2. The van der Waals surface area contributed by atoms with Gasteiger partial charge in [-0.3, -0.25) is 9.59 Å². The molecule has 1 aromatic heterocycles. The summed E-state index contributed by atoms with van der Waals surface area (Å²) in [4.78, 5) is 35.2. The van der Waals surface area contributed by atoms with Crippen LogP contribution in [0.2, 0.25) is 5.02 Å². The Balaban J connectivity index is 1.18. The third-order valence-electron chi connectivity index (χ3n) is 10.4. The van der Waals surface area contributed by atoms with E-state index < -0.39 is 11.7 Å². The molecule has 6 nitrogen and oxygen atoms in total. The third kappa shape index (κ3) is 3.45. The van der Waals surface area contributed by atoms with E-state index in [2.05, 4.69) is 29.1 Å². The number of H-pyrrole nitrogens is 1. The van der Waals surface area contributed by atoms with Gasteiger partial charge < -0.3 is 15.2 Å². The quantitative estimate of drug-likeness (QED) is 0.579. The SMILES string of the molecule is CN1C(=O)C(F)=C[C@@]2(C)C1CC[C@@H]1[C@H]2CC[C@]2(C)C(C(=O)NCc3nc4ccc(Cl)cc4[nH]3)CC[C@@H]12. The van der Waals surface area contributed by atoms with Gasteiger partial charge in [-0.05, 0) is 86.0 Å². The fraction of sp³-hybridized carbons (Fsp3) is 0.607. The van der Waals surface area contributed by atoms with Crippen LogP contribution in [0, 0.1) is 34.5 Å². The number of imidazole rings is 1. The minimum atomic E-state index is -0.609. The molecule has 6 rings (SSSR count). The predicted octanol–water partition coefficient (Wildman–Crippen LogP) is 5.39. The van der Waals surface area contributed by atoms with Gasteiger partial charge in [0.05, 0.1) is 17.6 Å². The number of likely N-dealkylation sites (N-methyl/N-ethyl adjacent to an activating group) is 1. The van der Waals surface area contributed by atoms with Crippen LogP contribution in [0.1, 0.15) is 58.2 Å². The molecule has 192 valence electrons. The number of halogens is 2. The Morgan fingerprint density at radius 3 is 2.83 bits per heavy atom. The molecule has 2 amide bonds. The van der Waals surface area contributed by atoms with Crippen molar-refractivity contribution in [2.45, 2.75) is 65.0 Å². The van der Waals surface area contributed by atoms with E-state index >= 15 is 0 Å². The zero-order valence-electron chi connectivity index (χ0n) is 21.1. The second-order valence-corrected chi connectivity index (χ2v) is 12.4. The maximum atomic E-state index is 14.6. The highest BCUT2D eigenvalue weighted by Gasteiger charge is 2.62. The summed E-state index contributed by atoms with van der Waals surface area (Å²) in [5.41, 5.74) is 1.29. The van der Waals surface area contributed by atoms with Crippen LogP contribution in [-0.2, 0) is 16.1 Å². The molecule has 3 saturated carbocycles. The second-order valence-electron chi connectivity index (χ2n) is 12.0. The molecule has 8 heteroatoms. The number of rotatable bonds is 3. The summed E-state index contributed by atoms with van der Waals surface area (Å²) in [5.74, 6) is 0.927. The summed E-state index contributed by atoms with van der Waals surface area (Å²) < 4.78 is 14.6. The van der Waals surface area contributed by atoms with E-state index in [9.17, 15) is 14.0 Å². The van der Waals surface area contributed by atoms with Crippen molar-refractivity contribution in [3.05, 3.63) is 40.9 Å². The Labute approximate surface area is 216 Å². The van der Waals surface area contributed by atoms with E-state index in [1.165, 1.54) is 0 Å². The number of carbonyl (C=O) groups excluding carboxylic acids is 2. The predicted molar refractivity (Wildman–Crippen MR) is 137 cm³/mol. The summed E-state index contributed by atoms with van der Waals surface area (Å²) in [6, 6.07) is 5.57. The van der Waals surface area contributed by atoms with Gasteiger partial charge in [0.2, 0.25) is 5.91 Å². The molecule has 2 unspecified atom stereocenters. The first kappa shape index (κ1) is 24.0. The molecule has 2 heterocycles. The lowest BCUT2D eigenvalue weighted by Crippen LogP contribution is -2.60. The Morgan fingerprint density at radius 1 is 1.22 bits per heavy atom. The van der Waals surface area contributed by atoms with Crippen LogP contribution >= 0.6 is 11.6 Å². The fourth-order valence-electron chi connectivity index (χ4n) is 8.67. The molecule has 7 atom stereocenters. The van der Waals surface area contributed by atoms with Crippen LogP contribution < -0.4 is 5.32 Å². The van der Waals surface area contributed by atoms with Gasteiger partial charge in [0.15, 0.2) is 5.83 Å². The number of fused-ring (bicyclic) bond motifs is 6. The molecule has 4 aliphatic rings. The highest BCUT2D eigenvalue weighted by Crippen LogP contribution is 2.65. The van der Waals surface area contributed by atoms with E-state index in [1.807, 2.05) is 18.2 Å². The van der Waals surface area contributed by atoms with Crippen LogP contribution in [0.25, 0.3) is 11.0 Å². The molecule has 0 bridgehead atoms. The Bertz CT molecular complexity index is 1280. The van der Waals surface area contributed by atoms with Crippen molar-refractivity contribution in [2.24, 2.45) is 34.5 Å². The van der Waals surface area contributed by atoms with Crippen LogP contribution in [0.4, 0.5) is 4.39 Å². The third-order valence-corrected chi connectivity index (χ3v) is 10.6. The summed E-state index contributed by atoms with van der Waals surface area (Å²) in [7, 11) is 1.75. The Morgan fingerprint density at radius 2 is 2.03 bits per heavy atom. The van der Waals surface area contributed by atoms with Gasteiger partial charge in [-0.15, -0.1) is 0 Å². The molecule has 2 N–H and O–H groups in total. The van der Waals surface area contributed by atoms with Gasteiger partial charge in [-0.1, -0.05) is 25.4 Å². The molecule has 3 aliphatic carbocycles. The molecule has 3 fully saturated rings. The van der Waals surface area contributed by atoms with Gasteiger partial charge in [0, 0.05) is 29.4 Å². The number of nitrogens with one attached hydrogen (secondary N) is 2. The first-order chi connectivity index (χ1) is 17.1. The van der Waals surface area contributed by atoms with Crippen molar-refractivity contribution in [2.75, 3.05) is 7.05 Å². The number of amides is 2. The number of aromatic amines is 1. The van der Waals surface area contributed by atoms with Crippen LogP contribution in [0.5, 0.6) is 0 Å². The van der Waals surface area contributed by atoms with Crippen LogP contribution in [0.15, 0.2) is 30.1 Å². The van der Waals surface area contributed by atoms with Gasteiger partial charge >= 0.3 is 0 Å². The monoisotopic (exact) mass is 512 g/mol. The maximum Gasteiger partial charge on any atom is 0.282 e. The molecule has 0 radical (unpaired) electrons. The van der Waals surface area contributed by atoms with E-state index in [0.29, 0.717) is 29.3 Å². The van der Waals surface area contributed by atoms with Gasteiger partial charge in [-0.25, -0.2) is 9.37 Å². The summed E-state index contributed by atoms with van der Waals surface area (Å²) >= 11 is 6.08. The summed E-state index contributed by atoms with van der Waals surface area (Å²) in [5, 5.41) is 3.80. The lowest BCUT2D eigenvalue weighted by molar-refractivity contribution is -0.145. The zero-order valence-corrected chi connectivity index (χ0v) is 21.9. The average molecular weight is 513 g/mol. The first-order valence-electron chi connectivity index (χ1n) is 13.2. The summed E-state index contributed by atoms with van der Waals surface area (Å²) in [6.45, 7) is 4.81. The van der Waals surface area contributed by atoms with Crippen molar-refractivity contribution in [3.63, 3.8) is 0 Å².